The zero-order valence-electron chi connectivity index (χ0n) is 14.4. The lowest BCUT2D eigenvalue weighted by Gasteiger charge is -2.38. The molecule has 6 heteroatoms. The van der Waals surface area contributed by atoms with Gasteiger partial charge in [-0.05, 0) is 43.7 Å². The van der Waals surface area contributed by atoms with Gasteiger partial charge in [-0.1, -0.05) is 24.6 Å². The third-order valence-corrected chi connectivity index (χ3v) is 6.38. The van der Waals surface area contributed by atoms with Crippen LogP contribution in [0.1, 0.15) is 32.6 Å². The lowest BCUT2D eigenvalue weighted by Crippen LogP contribution is -2.42. The van der Waals surface area contributed by atoms with Crippen molar-refractivity contribution < 1.29 is 4.21 Å². The first-order valence-electron chi connectivity index (χ1n) is 8.69. The third kappa shape index (κ3) is 4.71. The van der Waals surface area contributed by atoms with E-state index in [0.29, 0.717) is 17.7 Å². The number of hydrogen-bond acceptors (Lipinski definition) is 2. The van der Waals surface area contributed by atoms with E-state index in [0.717, 1.165) is 30.5 Å². The van der Waals surface area contributed by atoms with Gasteiger partial charge in [0, 0.05) is 30.3 Å². The van der Waals surface area contributed by atoms with Crippen molar-refractivity contribution in [1.29, 1.82) is 0 Å². The molecule has 0 radical (unpaired) electrons. The van der Waals surface area contributed by atoms with Crippen molar-refractivity contribution in [3.05, 3.63) is 30.3 Å². The van der Waals surface area contributed by atoms with Crippen LogP contribution < -0.4 is 5.32 Å². The van der Waals surface area contributed by atoms with Crippen LogP contribution in [0.2, 0.25) is 0 Å². The Hall–Kier alpha value is -0.630. The van der Waals surface area contributed by atoms with E-state index in [1.54, 1.807) is 0 Å². The smallest absolute Gasteiger partial charge is 0.193 e. The van der Waals surface area contributed by atoms with Gasteiger partial charge in [-0.3, -0.25) is 9.20 Å². The largest absolute Gasteiger partial charge is 0.357 e. The second kappa shape index (κ2) is 9.17. The molecule has 1 aromatic carbocycles. The monoisotopic (exact) mass is 461 g/mol. The molecule has 1 aromatic rings. The number of benzene rings is 1. The summed E-state index contributed by atoms with van der Waals surface area (Å²) in [6, 6.07) is 9.66. The van der Waals surface area contributed by atoms with Crippen molar-refractivity contribution >= 4 is 40.7 Å². The van der Waals surface area contributed by atoms with E-state index in [1.165, 1.54) is 25.7 Å². The molecule has 1 spiro atoms. The lowest BCUT2D eigenvalue weighted by molar-refractivity contribution is 0.151. The molecule has 1 heterocycles. The van der Waals surface area contributed by atoms with E-state index >= 15 is 0 Å². The molecule has 0 aromatic heterocycles. The molecule has 134 valence electrons. The van der Waals surface area contributed by atoms with Gasteiger partial charge in [0.2, 0.25) is 0 Å². The number of likely N-dealkylation sites (tertiary alicyclic amines) is 1. The lowest BCUT2D eigenvalue weighted by atomic mass is 9.68. The molecule has 1 N–H and O–H groups in total. The highest BCUT2D eigenvalue weighted by Crippen LogP contribution is 2.47. The van der Waals surface area contributed by atoms with Crippen LogP contribution in [0.3, 0.4) is 0 Å². The van der Waals surface area contributed by atoms with E-state index in [1.807, 2.05) is 30.3 Å². The summed E-state index contributed by atoms with van der Waals surface area (Å²) in [6.07, 6.45) is 5.44. The van der Waals surface area contributed by atoms with Gasteiger partial charge in [0.15, 0.2) is 5.96 Å². The Morgan fingerprint density at radius 2 is 2.04 bits per heavy atom. The number of guanidine groups is 1. The summed E-state index contributed by atoms with van der Waals surface area (Å²) in [4.78, 5) is 8.01. The van der Waals surface area contributed by atoms with E-state index in [-0.39, 0.29) is 24.0 Å². The Labute approximate surface area is 165 Å². The molecule has 4 nitrogen and oxygen atoms in total. The van der Waals surface area contributed by atoms with Crippen molar-refractivity contribution in [3.63, 3.8) is 0 Å². The molecule has 1 saturated heterocycles. The molecule has 0 amide bonds. The average molecular weight is 461 g/mol. The Kier molecular flexibility index (Phi) is 7.53. The minimum Gasteiger partial charge on any atom is -0.357 e. The van der Waals surface area contributed by atoms with Crippen LogP contribution in [0, 0.1) is 5.41 Å². The molecular formula is C18H28IN3OS. The molecule has 1 aliphatic heterocycles. The first-order valence-corrected chi connectivity index (χ1v) is 10.0. The summed E-state index contributed by atoms with van der Waals surface area (Å²) in [7, 11) is -0.964. The third-order valence-electron chi connectivity index (χ3n) is 5.03. The summed E-state index contributed by atoms with van der Waals surface area (Å²) in [5.41, 5.74) is 0.572. The standard InChI is InChI=1S/C18H27N3OS.HI/c1-2-19-17(21-13-11-18(15-21)9-6-10-18)20-12-14-23(22)16-7-4-3-5-8-16;/h3-5,7-8H,2,6,9-15H2,1H3,(H,19,20);1H. The van der Waals surface area contributed by atoms with Crippen LogP contribution in [-0.2, 0) is 10.8 Å². The van der Waals surface area contributed by atoms with E-state index in [4.69, 9.17) is 4.99 Å². The van der Waals surface area contributed by atoms with Gasteiger partial charge in [0.25, 0.3) is 0 Å². The molecule has 2 aliphatic rings. The quantitative estimate of drug-likeness (QED) is 0.416. The fourth-order valence-corrected chi connectivity index (χ4v) is 4.50. The zero-order chi connectivity index (χ0) is 16.1. The van der Waals surface area contributed by atoms with Crippen LogP contribution >= 0.6 is 24.0 Å². The Balaban J connectivity index is 0.00000208. The Morgan fingerprint density at radius 3 is 2.62 bits per heavy atom. The predicted octanol–water partition coefficient (Wildman–Crippen LogP) is 3.25. The molecule has 1 aliphatic carbocycles. The van der Waals surface area contributed by atoms with Gasteiger partial charge in [-0.25, -0.2) is 0 Å². The van der Waals surface area contributed by atoms with Gasteiger partial charge in [0.05, 0.1) is 17.3 Å². The summed E-state index contributed by atoms with van der Waals surface area (Å²) >= 11 is 0. The van der Waals surface area contributed by atoms with Crippen molar-refractivity contribution in [2.24, 2.45) is 10.4 Å². The fourth-order valence-electron chi connectivity index (χ4n) is 3.55. The number of rotatable bonds is 5. The van der Waals surface area contributed by atoms with Crippen molar-refractivity contribution in [3.8, 4) is 0 Å². The van der Waals surface area contributed by atoms with Crippen molar-refractivity contribution in [2.75, 3.05) is 31.9 Å². The summed E-state index contributed by atoms with van der Waals surface area (Å²) in [6.45, 7) is 5.83. The molecule has 0 bridgehead atoms. The maximum atomic E-state index is 12.3. The number of nitrogens with zero attached hydrogens (tertiary/aromatic N) is 2. The number of aliphatic imine (C=N–C) groups is 1. The first-order chi connectivity index (χ1) is 11.2. The minimum atomic E-state index is -0.964. The summed E-state index contributed by atoms with van der Waals surface area (Å²) in [5.74, 6) is 1.58. The Morgan fingerprint density at radius 1 is 1.29 bits per heavy atom. The maximum absolute atomic E-state index is 12.3. The van der Waals surface area contributed by atoms with Gasteiger partial charge in [-0.15, -0.1) is 24.0 Å². The van der Waals surface area contributed by atoms with E-state index < -0.39 is 10.8 Å². The summed E-state index contributed by atoms with van der Waals surface area (Å²) in [5, 5.41) is 3.40. The van der Waals surface area contributed by atoms with Crippen LogP contribution in [0.25, 0.3) is 0 Å². The van der Waals surface area contributed by atoms with Crippen LogP contribution in [-0.4, -0.2) is 47.0 Å². The highest BCUT2D eigenvalue weighted by atomic mass is 127. The molecule has 1 unspecified atom stereocenters. The van der Waals surface area contributed by atoms with Crippen LogP contribution in [0.5, 0.6) is 0 Å². The molecular weight excluding hydrogens is 433 g/mol. The highest BCUT2D eigenvalue weighted by Gasteiger charge is 2.43. The number of nitrogens with one attached hydrogen (secondary N) is 1. The van der Waals surface area contributed by atoms with Gasteiger partial charge in [0.1, 0.15) is 0 Å². The topological polar surface area (TPSA) is 44.7 Å². The molecule has 1 atom stereocenters. The number of hydrogen-bond donors (Lipinski definition) is 1. The fraction of sp³-hybridized carbons (Fsp3) is 0.611. The molecule has 1 saturated carbocycles. The summed E-state index contributed by atoms with van der Waals surface area (Å²) < 4.78 is 12.3. The normalized spacial score (nSPS) is 20.4. The molecule has 2 fully saturated rings. The predicted molar refractivity (Wildman–Crippen MR) is 112 cm³/mol. The van der Waals surface area contributed by atoms with Gasteiger partial charge < -0.3 is 10.2 Å². The van der Waals surface area contributed by atoms with Gasteiger partial charge in [-0.2, -0.15) is 0 Å². The SMILES string of the molecule is CCNC(=NCCS(=O)c1ccccc1)N1CCC2(CCC2)C1.I. The first kappa shape index (κ1) is 19.7. The highest BCUT2D eigenvalue weighted by molar-refractivity contribution is 14.0. The average Bonchev–Trinajstić information content (AvgIpc) is 3.00. The van der Waals surface area contributed by atoms with Crippen molar-refractivity contribution in [1.82, 2.24) is 10.2 Å². The minimum absolute atomic E-state index is 0. The second-order valence-electron chi connectivity index (χ2n) is 6.62. The number of halogens is 1. The molecule has 24 heavy (non-hydrogen) atoms. The molecule has 3 rings (SSSR count). The second-order valence-corrected chi connectivity index (χ2v) is 8.19. The zero-order valence-corrected chi connectivity index (χ0v) is 17.5. The Bertz CT molecular complexity index is 575. The van der Waals surface area contributed by atoms with Crippen molar-refractivity contribution in [2.45, 2.75) is 37.5 Å². The van der Waals surface area contributed by atoms with E-state index in [2.05, 4.69) is 17.1 Å². The van der Waals surface area contributed by atoms with Gasteiger partial charge >= 0.3 is 0 Å². The maximum Gasteiger partial charge on any atom is 0.193 e. The van der Waals surface area contributed by atoms with Crippen LogP contribution in [0.15, 0.2) is 40.2 Å². The van der Waals surface area contributed by atoms with E-state index in [9.17, 15) is 4.21 Å². The van der Waals surface area contributed by atoms with Crippen LogP contribution in [0.4, 0.5) is 0 Å².